The molecule has 134 valence electrons. The maximum absolute atomic E-state index is 13.0. The molecule has 26 heavy (non-hydrogen) atoms. The molecule has 2 N–H and O–H groups in total. The van der Waals surface area contributed by atoms with Crippen LogP contribution in [0.25, 0.3) is 0 Å². The van der Waals surface area contributed by atoms with Gasteiger partial charge in [-0.3, -0.25) is 0 Å². The first kappa shape index (κ1) is 18.0. The summed E-state index contributed by atoms with van der Waals surface area (Å²) < 4.78 is 15.0. The minimum absolute atomic E-state index is 0.254. The summed E-state index contributed by atoms with van der Waals surface area (Å²) in [4.78, 5) is 12.2. The van der Waals surface area contributed by atoms with Crippen LogP contribution >= 0.6 is 11.6 Å². The first-order chi connectivity index (χ1) is 12.5. The summed E-state index contributed by atoms with van der Waals surface area (Å²) in [6.07, 6.45) is 1.93. The number of hydrogen-bond acceptors (Lipinski definition) is 1. The zero-order chi connectivity index (χ0) is 18.5. The Labute approximate surface area is 156 Å². The maximum atomic E-state index is 13.0. The number of benzene rings is 2. The fourth-order valence-corrected chi connectivity index (χ4v) is 2.81. The van der Waals surface area contributed by atoms with Crippen LogP contribution in [0.1, 0.15) is 16.8 Å². The van der Waals surface area contributed by atoms with Crippen LogP contribution in [-0.4, -0.2) is 10.6 Å². The first-order valence-corrected chi connectivity index (χ1v) is 8.59. The second kappa shape index (κ2) is 8.06. The van der Waals surface area contributed by atoms with E-state index >= 15 is 0 Å². The number of nitrogens with zero attached hydrogens (tertiary/aromatic N) is 1. The summed E-state index contributed by atoms with van der Waals surface area (Å²) in [6.45, 7) is 2.84. The molecule has 1 heterocycles. The Morgan fingerprint density at radius 2 is 1.88 bits per heavy atom. The molecule has 3 aromatic rings. The second-order valence-corrected chi connectivity index (χ2v) is 6.38. The van der Waals surface area contributed by atoms with Gasteiger partial charge in [-0.1, -0.05) is 29.8 Å². The molecule has 0 atom stereocenters. The molecule has 4 nitrogen and oxygen atoms in total. The van der Waals surface area contributed by atoms with Crippen LogP contribution in [0.5, 0.6) is 0 Å². The molecular weight excluding hydrogens is 353 g/mol. The van der Waals surface area contributed by atoms with Crippen LogP contribution in [0.4, 0.5) is 14.9 Å². The minimum atomic E-state index is -0.301. The number of nitrogens with one attached hydrogen (secondary N) is 2. The summed E-state index contributed by atoms with van der Waals surface area (Å²) in [7, 11) is 0. The van der Waals surface area contributed by atoms with Gasteiger partial charge in [0.25, 0.3) is 0 Å². The molecule has 2 amide bonds. The molecule has 0 aliphatic carbocycles. The summed E-state index contributed by atoms with van der Waals surface area (Å²) >= 11 is 6.06. The highest BCUT2D eigenvalue weighted by Gasteiger charge is 2.08. The Morgan fingerprint density at radius 3 is 2.65 bits per heavy atom. The van der Waals surface area contributed by atoms with Crippen molar-refractivity contribution in [3.63, 3.8) is 0 Å². The van der Waals surface area contributed by atoms with Gasteiger partial charge in [-0.05, 0) is 54.4 Å². The highest BCUT2D eigenvalue weighted by Crippen LogP contribution is 2.22. The van der Waals surface area contributed by atoms with Crippen LogP contribution in [-0.2, 0) is 13.1 Å². The predicted octanol–water partition coefficient (Wildman–Crippen LogP) is 4.96. The van der Waals surface area contributed by atoms with Gasteiger partial charge < -0.3 is 15.2 Å². The molecule has 6 heteroatoms. The number of aromatic nitrogens is 1. The summed E-state index contributed by atoms with van der Waals surface area (Å²) in [5.41, 5.74) is 3.44. The second-order valence-electron chi connectivity index (χ2n) is 5.97. The number of halogens is 2. The number of rotatable bonds is 5. The van der Waals surface area contributed by atoms with Gasteiger partial charge in [-0.2, -0.15) is 0 Å². The van der Waals surface area contributed by atoms with Crippen molar-refractivity contribution in [1.82, 2.24) is 9.88 Å². The summed E-state index contributed by atoms with van der Waals surface area (Å²) in [5.74, 6) is -0.254. The molecule has 0 fully saturated rings. The van der Waals surface area contributed by atoms with E-state index in [1.165, 1.54) is 12.1 Å². The third-order valence-corrected chi connectivity index (χ3v) is 4.55. The number of urea groups is 1. The van der Waals surface area contributed by atoms with Crippen LogP contribution < -0.4 is 10.6 Å². The monoisotopic (exact) mass is 371 g/mol. The van der Waals surface area contributed by atoms with E-state index in [0.29, 0.717) is 23.8 Å². The van der Waals surface area contributed by atoms with Crippen molar-refractivity contribution in [3.8, 4) is 0 Å². The number of amides is 2. The number of hydrogen-bond donors (Lipinski definition) is 2. The van der Waals surface area contributed by atoms with Gasteiger partial charge in [0.1, 0.15) is 5.82 Å². The summed E-state index contributed by atoms with van der Waals surface area (Å²) in [5, 5.41) is 6.25. The molecule has 3 rings (SSSR count). The normalized spacial score (nSPS) is 10.6. The quantitative estimate of drug-likeness (QED) is 0.654. The average Bonchev–Trinajstić information content (AvgIpc) is 3.06. The van der Waals surface area contributed by atoms with E-state index in [2.05, 4.69) is 10.6 Å². The van der Waals surface area contributed by atoms with Gasteiger partial charge in [0.2, 0.25) is 0 Å². The molecule has 0 unspecified atom stereocenters. The number of anilines is 1. The third-order valence-electron chi connectivity index (χ3n) is 4.14. The van der Waals surface area contributed by atoms with E-state index in [0.717, 1.165) is 16.8 Å². The number of carbonyl (C=O) groups excluding carboxylic acids is 1. The van der Waals surface area contributed by atoms with Crippen molar-refractivity contribution >= 4 is 23.3 Å². The van der Waals surface area contributed by atoms with Crippen molar-refractivity contribution in [2.45, 2.75) is 20.0 Å². The summed E-state index contributed by atoms with van der Waals surface area (Å²) in [6, 6.07) is 15.3. The van der Waals surface area contributed by atoms with Crippen molar-refractivity contribution in [1.29, 1.82) is 0 Å². The molecule has 0 aliphatic heterocycles. The SMILES string of the molecule is Cc1c(Cl)cccc1NC(=O)NCc1cccn1Cc1ccc(F)cc1. The van der Waals surface area contributed by atoms with Crippen LogP contribution in [0.15, 0.2) is 60.8 Å². The molecule has 0 saturated carbocycles. The molecule has 0 aliphatic rings. The van der Waals surface area contributed by atoms with E-state index in [1.807, 2.05) is 29.8 Å². The molecule has 0 spiro atoms. The molecule has 0 radical (unpaired) electrons. The van der Waals surface area contributed by atoms with Crippen molar-refractivity contribution in [2.75, 3.05) is 5.32 Å². The fraction of sp³-hybridized carbons (Fsp3) is 0.150. The van der Waals surface area contributed by atoms with E-state index < -0.39 is 0 Å². The van der Waals surface area contributed by atoms with Crippen LogP contribution in [0, 0.1) is 12.7 Å². The van der Waals surface area contributed by atoms with E-state index in [9.17, 15) is 9.18 Å². The lowest BCUT2D eigenvalue weighted by Crippen LogP contribution is -2.29. The fourth-order valence-electron chi connectivity index (χ4n) is 2.63. The Hall–Kier alpha value is -2.79. The van der Waals surface area contributed by atoms with Crippen molar-refractivity contribution in [3.05, 3.63) is 88.5 Å². The first-order valence-electron chi connectivity index (χ1n) is 8.21. The van der Waals surface area contributed by atoms with Crippen molar-refractivity contribution < 1.29 is 9.18 Å². The zero-order valence-corrected chi connectivity index (χ0v) is 15.1. The Bertz CT molecular complexity index is 906. The topological polar surface area (TPSA) is 46.1 Å². The van der Waals surface area contributed by atoms with Crippen molar-refractivity contribution in [2.24, 2.45) is 0 Å². The lowest BCUT2D eigenvalue weighted by molar-refractivity contribution is 0.251. The van der Waals surface area contributed by atoms with Gasteiger partial charge in [-0.25, -0.2) is 9.18 Å². The van der Waals surface area contributed by atoms with Crippen LogP contribution in [0.2, 0.25) is 5.02 Å². The molecular formula is C20H19ClFN3O. The van der Waals surface area contributed by atoms with E-state index in [4.69, 9.17) is 11.6 Å². The van der Waals surface area contributed by atoms with E-state index in [-0.39, 0.29) is 11.8 Å². The van der Waals surface area contributed by atoms with Gasteiger partial charge >= 0.3 is 6.03 Å². The Kier molecular flexibility index (Phi) is 5.58. The van der Waals surface area contributed by atoms with Gasteiger partial charge in [-0.15, -0.1) is 0 Å². The highest BCUT2D eigenvalue weighted by molar-refractivity contribution is 6.31. The smallest absolute Gasteiger partial charge is 0.319 e. The standard InChI is InChI=1S/C20H19ClFN3O/c1-14-18(21)5-2-6-19(14)24-20(26)23-12-17-4-3-11-25(17)13-15-7-9-16(22)10-8-15/h2-11H,12-13H2,1H3,(H2,23,24,26). The minimum Gasteiger partial charge on any atom is -0.345 e. The molecule has 0 bridgehead atoms. The van der Waals surface area contributed by atoms with Gasteiger partial charge in [0.05, 0.1) is 6.54 Å². The molecule has 1 aromatic heterocycles. The van der Waals surface area contributed by atoms with Gasteiger partial charge in [0.15, 0.2) is 0 Å². The number of carbonyl (C=O) groups is 1. The Balaban J connectivity index is 1.60. The Morgan fingerprint density at radius 1 is 1.12 bits per heavy atom. The largest absolute Gasteiger partial charge is 0.345 e. The van der Waals surface area contributed by atoms with Crippen LogP contribution in [0.3, 0.4) is 0 Å². The lowest BCUT2D eigenvalue weighted by Gasteiger charge is -2.13. The van der Waals surface area contributed by atoms with Gasteiger partial charge in [0, 0.05) is 29.1 Å². The lowest BCUT2D eigenvalue weighted by atomic mass is 10.2. The zero-order valence-electron chi connectivity index (χ0n) is 14.3. The predicted molar refractivity (Wildman–Crippen MR) is 102 cm³/mol. The third kappa shape index (κ3) is 4.43. The van der Waals surface area contributed by atoms with E-state index in [1.54, 1.807) is 30.3 Å². The highest BCUT2D eigenvalue weighted by atomic mass is 35.5. The maximum Gasteiger partial charge on any atom is 0.319 e. The molecule has 0 saturated heterocycles. The average molecular weight is 372 g/mol. The molecule has 2 aromatic carbocycles.